The van der Waals surface area contributed by atoms with Crippen LogP contribution in [0.25, 0.3) is 0 Å². The van der Waals surface area contributed by atoms with Crippen LogP contribution in [-0.4, -0.2) is 31.5 Å². The molecule has 0 unspecified atom stereocenters. The number of carbonyl (C=O) groups is 1. The van der Waals surface area contributed by atoms with Crippen molar-refractivity contribution in [3.05, 3.63) is 29.8 Å². The number of para-hydroxylation sites is 1. The smallest absolute Gasteiger partial charge is 0.222 e. The van der Waals surface area contributed by atoms with Crippen molar-refractivity contribution >= 4 is 5.91 Å². The molecule has 0 N–H and O–H groups in total. The lowest BCUT2D eigenvalue weighted by Crippen LogP contribution is -2.28. The third-order valence-corrected chi connectivity index (χ3v) is 2.80. The minimum atomic E-state index is 0.211. The molecule has 0 aliphatic rings. The van der Waals surface area contributed by atoms with E-state index in [-0.39, 0.29) is 5.91 Å². The highest BCUT2D eigenvalue weighted by atomic mass is 16.5. The van der Waals surface area contributed by atoms with E-state index in [2.05, 4.69) is 0 Å². The Hall–Kier alpha value is -1.51. The third-order valence-electron chi connectivity index (χ3n) is 2.80. The van der Waals surface area contributed by atoms with E-state index in [1.165, 1.54) is 0 Å². The molecule has 3 nitrogen and oxygen atoms in total. The predicted octanol–water partition coefficient (Wildman–Crippen LogP) is 2.50. The number of methoxy groups -OCH3 is 1. The molecule has 0 radical (unpaired) electrons. The SMILES string of the molecule is CCCC(=O)N(C)CCc1ccccc1OC. The number of amides is 1. The molecule has 1 aromatic rings. The first kappa shape index (κ1) is 13.6. The van der Waals surface area contributed by atoms with E-state index in [1.807, 2.05) is 38.2 Å². The van der Waals surface area contributed by atoms with Crippen molar-refractivity contribution in [1.29, 1.82) is 0 Å². The molecule has 94 valence electrons. The zero-order valence-electron chi connectivity index (χ0n) is 10.9. The number of nitrogens with zero attached hydrogens (tertiary/aromatic N) is 1. The number of hydrogen-bond donors (Lipinski definition) is 0. The van der Waals surface area contributed by atoms with E-state index in [0.717, 1.165) is 30.7 Å². The molecule has 1 aromatic carbocycles. The highest BCUT2D eigenvalue weighted by Crippen LogP contribution is 2.17. The normalized spacial score (nSPS) is 10.1. The summed E-state index contributed by atoms with van der Waals surface area (Å²) in [5, 5.41) is 0. The van der Waals surface area contributed by atoms with Gasteiger partial charge in [-0.05, 0) is 24.5 Å². The number of hydrogen-bond acceptors (Lipinski definition) is 2. The monoisotopic (exact) mass is 235 g/mol. The topological polar surface area (TPSA) is 29.5 Å². The summed E-state index contributed by atoms with van der Waals surface area (Å²) in [5.41, 5.74) is 1.14. The van der Waals surface area contributed by atoms with Gasteiger partial charge < -0.3 is 9.64 Å². The van der Waals surface area contributed by atoms with Gasteiger partial charge in [0.05, 0.1) is 7.11 Å². The van der Waals surface area contributed by atoms with Crippen LogP contribution in [0.2, 0.25) is 0 Å². The number of likely N-dealkylation sites (N-methyl/N-ethyl adjacent to an activating group) is 1. The second-order valence-electron chi connectivity index (χ2n) is 4.13. The molecule has 0 aliphatic carbocycles. The largest absolute Gasteiger partial charge is 0.496 e. The number of carbonyl (C=O) groups excluding carboxylic acids is 1. The van der Waals surface area contributed by atoms with Crippen LogP contribution >= 0.6 is 0 Å². The van der Waals surface area contributed by atoms with Crippen LogP contribution in [0.5, 0.6) is 5.75 Å². The first-order chi connectivity index (χ1) is 8.19. The average molecular weight is 235 g/mol. The Balaban J connectivity index is 2.52. The molecular weight excluding hydrogens is 214 g/mol. The zero-order valence-corrected chi connectivity index (χ0v) is 10.9. The molecular formula is C14H21NO2. The minimum Gasteiger partial charge on any atom is -0.496 e. The Morgan fingerprint density at radius 3 is 2.71 bits per heavy atom. The number of rotatable bonds is 6. The van der Waals surface area contributed by atoms with Gasteiger partial charge in [-0.25, -0.2) is 0 Å². The van der Waals surface area contributed by atoms with Gasteiger partial charge in [-0.3, -0.25) is 4.79 Å². The van der Waals surface area contributed by atoms with Gasteiger partial charge in [0.1, 0.15) is 5.75 Å². The van der Waals surface area contributed by atoms with E-state index in [4.69, 9.17) is 4.74 Å². The van der Waals surface area contributed by atoms with Gasteiger partial charge in [-0.15, -0.1) is 0 Å². The van der Waals surface area contributed by atoms with Crippen molar-refractivity contribution in [2.75, 3.05) is 20.7 Å². The van der Waals surface area contributed by atoms with Crippen molar-refractivity contribution in [2.45, 2.75) is 26.2 Å². The molecule has 3 heteroatoms. The summed E-state index contributed by atoms with van der Waals surface area (Å²) in [6.45, 7) is 2.76. The van der Waals surface area contributed by atoms with Crippen LogP contribution in [0, 0.1) is 0 Å². The van der Waals surface area contributed by atoms with Crippen molar-refractivity contribution in [2.24, 2.45) is 0 Å². The highest BCUT2D eigenvalue weighted by Gasteiger charge is 2.08. The lowest BCUT2D eigenvalue weighted by atomic mass is 10.1. The van der Waals surface area contributed by atoms with Crippen LogP contribution in [0.4, 0.5) is 0 Å². The maximum Gasteiger partial charge on any atom is 0.222 e. The van der Waals surface area contributed by atoms with Crippen LogP contribution in [0.3, 0.4) is 0 Å². The molecule has 0 atom stereocenters. The van der Waals surface area contributed by atoms with E-state index in [0.29, 0.717) is 6.42 Å². The van der Waals surface area contributed by atoms with Gasteiger partial charge >= 0.3 is 0 Å². The predicted molar refractivity (Wildman–Crippen MR) is 69.2 cm³/mol. The second kappa shape index (κ2) is 6.94. The molecule has 0 aromatic heterocycles. The summed E-state index contributed by atoms with van der Waals surface area (Å²) in [4.78, 5) is 13.4. The Kier molecular flexibility index (Phi) is 5.53. The fourth-order valence-corrected chi connectivity index (χ4v) is 1.73. The maximum atomic E-state index is 11.6. The van der Waals surface area contributed by atoms with Gasteiger partial charge in [-0.2, -0.15) is 0 Å². The Morgan fingerprint density at radius 1 is 1.35 bits per heavy atom. The van der Waals surface area contributed by atoms with Gasteiger partial charge in [-0.1, -0.05) is 25.1 Å². The lowest BCUT2D eigenvalue weighted by Gasteiger charge is -2.17. The molecule has 0 aliphatic heterocycles. The van der Waals surface area contributed by atoms with Crippen molar-refractivity contribution in [1.82, 2.24) is 4.90 Å². The third kappa shape index (κ3) is 4.10. The van der Waals surface area contributed by atoms with Gasteiger partial charge in [0.2, 0.25) is 5.91 Å². The number of ether oxygens (including phenoxy) is 1. The fraction of sp³-hybridized carbons (Fsp3) is 0.500. The summed E-state index contributed by atoms with van der Waals surface area (Å²) >= 11 is 0. The quantitative estimate of drug-likeness (QED) is 0.758. The standard InChI is InChI=1S/C14H21NO2/c1-4-7-14(16)15(2)11-10-12-8-5-6-9-13(12)17-3/h5-6,8-9H,4,7,10-11H2,1-3H3. The number of benzene rings is 1. The maximum absolute atomic E-state index is 11.6. The molecule has 0 saturated carbocycles. The van der Waals surface area contributed by atoms with E-state index in [1.54, 1.807) is 12.0 Å². The van der Waals surface area contributed by atoms with Gasteiger partial charge in [0.25, 0.3) is 0 Å². The van der Waals surface area contributed by atoms with Gasteiger partial charge in [0, 0.05) is 20.0 Å². The summed E-state index contributed by atoms with van der Waals surface area (Å²) in [5.74, 6) is 1.10. The van der Waals surface area contributed by atoms with E-state index in [9.17, 15) is 4.79 Å². The highest BCUT2D eigenvalue weighted by molar-refractivity contribution is 5.75. The minimum absolute atomic E-state index is 0.211. The molecule has 0 fully saturated rings. The molecule has 0 bridgehead atoms. The van der Waals surface area contributed by atoms with Crippen LogP contribution in [0.1, 0.15) is 25.3 Å². The average Bonchev–Trinajstić information content (AvgIpc) is 2.36. The molecule has 1 amide bonds. The van der Waals surface area contributed by atoms with Gasteiger partial charge in [0.15, 0.2) is 0 Å². The van der Waals surface area contributed by atoms with Crippen molar-refractivity contribution in [3.8, 4) is 5.75 Å². The second-order valence-corrected chi connectivity index (χ2v) is 4.13. The van der Waals surface area contributed by atoms with E-state index >= 15 is 0 Å². The molecule has 1 rings (SSSR count). The summed E-state index contributed by atoms with van der Waals surface area (Å²) in [6.07, 6.45) is 2.36. The first-order valence-electron chi connectivity index (χ1n) is 6.05. The van der Waals surface area contributed by atoms with Crippen LogP contribution in [0.15, 0.2) is 24.3 Å². The Bertz CT molecular complexity index is 363. The van der Waals surface area contributed by atoms with Crippen LogP contribution < -0.4 is 4.74 Å². The lowest BCUT2D eigenvalue weighted by molar-refractivity contribution is -0.129. The Labute approximate surface area is 103 Å². The van der Waals surface area contributed by atoms with Crippen LogP contribution in [-0.2, 0) is 11.2 Å². The van der Waals surface area contributed by atoms with E-state index < -0.39 is 0 Å². The molecule has 0 spiro atoms. The van der Waals surface area contributed by atoms with Crippen molar-refractivity contribution in [3.63, 3.8) is 0 Å². The first-order valence-corrected chi connectivity index (χ1v) is 6.05. The fourth-order valence-electron chi connectivity index (χ4n) is 1.73. The summed E-state index contributed by atoms with van der Waals surface area (Å²) in [6, 6.07) is 7.93. The summed E-state index contributed by atoms with van der Waals surface area (Å²) < 4.78 is 5.28. The Morgan fingerprint density at radius 2 is 2.06 bits per heavy atom. The molecule has 0 saturated heterocycles. The summed E-state index contributed by atoms with van der Waals surface area (Å²) in [7, 11) is 3.53. The molecule has 0 heterocycles. The zero-order chi connectivity index (χ0) is 12.7. The van der Waals surface area contributed by atoms with Crippen molar-refractivity contribution < 1.29 is 9.53 Å². The molecule has 17 heavy (non-hydrogen) atoms.